The average Bonchev–Trinajstić information content (AvgIpc) is 3.21. The maximum Gasteiger partial charge on any atom is 0.289 e. The first-order valence-electron chi connectivity index (χ1n) is 8.63. The number of Topliss-reactive ketones (excluding diaryl/α,β-unsaturated/α-hetero) is 1. The second-order valence-electron chi connectivity index (χ2n) is 6.79. The molecule has 0 unspecified atom stereocenters. The Morgan fingerprint density at radius 1 is 1.29 bits per heavy atom. The molecule has 3 rings (SSSR count). The lowest BCUT2D eigenvalue weighted by molar-refractivity contribution is -0.129. The summed E-state index contributed by atoms with van der Waals surface area (Å²) in [6, 6.07) is 6.45. The molecule has 3 N–H and O–H groups in total. The molecule has 2 aromatic rings. The Morgan fingerprint density at radius 3 is 2.61 bits per heavy atom. The number of benzene rings is 1. The molecule has 1 aromatic heterocycles. The number of halogens is 1. The van der Waals surface area contributed by atoms with Crippen molar-refractivity contribution in [2.45, 2.75) is 26.3 Å². The van der Waals surface area contributed by atoms with Gasteiger partial charge in [-0.05, 0) is 43.7 Å². The second-order valence-corrected chi connectivity index (χ2v) is 6.79. The van der Waals surface area contributed by atoms with Crippen LogP contribution < -0.4 is 5.73 Å². The van der Waals surface area contributed by atoms with Gasteiger partial charge in [0.05, 0.1) is 12.1 Å². The van der Waals surface area contributed by atoms with Gasteiger partial charge < -0.3 is 20.2 Å². The zero-order chi connectivity index (χ0) is 20.6. The molecule has 2 heterocycles. The number of hydrogen-bond acceptors (Lipinski definition) is 5. The molecule has 0 bridgehead atoms. The van der Waals surface area contributed by atoms with E-state index in [0.29, 0.717) is 11.3 Å². The quantitative estimate of drug-likeness (QED) is 0.740. The number of nitrogens with zero attached hydrogens (tertiary/aromatic N) is 1. The van der Waals surface area contributed by atoms with Gasteiger partial charge in [0.2, 0.25) is 11.7 Å². The van der Waals surface area contributed by atoms with Crippen LogP contribution in [0, 0.1) is 5.82 Å². The zero-order valence-corrected chi connectivity index (χ0v) is 15.4. The summed E-state index contributed by atoms with van der Waals surface area (Å²) in [4.78, 5) is 37.6. The van der Waals surface area contributed by atoms with Crippen molar-refractivity contribution >= 4 is 17.6 Å². The lowest BCUT2D eigenvalue weighted by Crippen LogP contribution is -2.34. The molecule has 28 heavy (non-hydrogen) atoms. The highest BCUT2D eigenvalue weighted by atomic mass is 19.1. The Bertz CT molecular complexity index is 1010. The number of nitrogens with two attached hydrogens (primary N) is 1. The van der Waals surface area contributed by atoms with Crippen LogP contribution in [0.25, 0.3) is 0 Å². The molecule has 0 fully saturated rings. The van der Waals surface area contributed by atoms with Crippen LogP contribution in [0.2, 0.25) is 0 Å². The summed E-state index contributed by atoms with van der Waals surface area (Å²) in [6.07, 6.45) is 0.119. The highest BCUT2D eigenvalue weighted by Crippen LogP contribution is 2.25. The number of primary amides is 1. The monoisotopic (exact) mass is 386 g/mol. The summed E-state index contributed by atoms with van der Waals surface area (Å²) < 4.78 is 18.9. The molecule has 8 heteroatoms. The predicted octanol–water partition coefficient (Wildman–Crippen LogP) is 2.35. The molecule has 0 aliphatic carbocycles. The average molecular weight is 386 g/mol. The zero-order valence-electron chi connectivity index (χ0n) is 15.4. The van der Waals surface area contributed by atoms with Crippen molar-refractivity contribution in [2.75, 3.05) is 6.54 Å². The number of furan rings is 1. The van der Waals surface area contributed by atoms with Crippen LogP contribution in [0.5, 0.6) is 0 Å². The molecule has 1 aliphatic rings. The normalized spacial score (nSPS) is 14.3. The third-order valence-electron chi connectivity index (χ3n) is 4.56. The molecule has 1 aromatic carbocycles. The number of hydrogen-bond donors (Lipinski definition) is 2. The Labute approximate surface area is 160 Å². The summed E-state index contributed by atoms with van der Waals surface area (Å²) >= 11 is 0. The van der Waals surface area contributed by atoms with Crippen LogP contribution in [-0.2, 0) is 11.2 Å². The summed E-state index contributed by atoms with van der Waals surface area (Å²) in [6.45, 7) is 3.56. The highest BCUT2D eigenvalue weighted by Gasteiger charge is 2.36. The fourth-order valence-electron chi connectivity index (χ4n) is 3.04. The van der Waals surface area contributed by atoms with Crippen LogP contribution >= 0.6 is 0 Å². The van der Waals surface area contributed by atoms with Gasteiger partial charge in [0.15, 0.2) is 11.5 Å². The summed E-state index contributed by atoms with van der Waals surface area (Å²) in [5, 5.41) is 10.0. The lowest BCUT2D eigenvalue weighted by Gasteiger charge is -2.20. The van der Waals surface area contributed by atoms with Crippen molar-refractivity contribution < 1.29 is 28.3 Å². The number of rotatable bonds is 6. The van der Waals surface area contributed by atoms with Crippen molar-refractivity contribution in [3.8, 4) is 0 Å². The van der Waals surface area contributed by atoms with Gasteiger partial charge in [0, 0.05) is 18.0 Å². The van der Waals surface area contributed by atoms with E-state index in [1.54, 1.807) is 13.8 Å². The third kappa shape index (κ3) is 3.53. The first kappa shape index (κ1) is 19.3. The van der Waals surface area contributed by atoms with Gasteiger partial charge >= 0.3 is 0 Å². The Kier molecular flexibility index (Phi) is 5.04. The Morgan fingerprint density at radius 2 is 2.00 bits per heavy atom. The summed E-state index contributed by atoms with van der Waals surface area (Å²) in [7, 11) is 0. The number of aliphatic hydroxyl groups excluding tert-OH is 1. The van der Waals surface area contributed by atoms with Gasteiger partial charge in [0.1, 0.15) is 11.6 Å². The van der Waals surface area contributed by atoms with Crippen LogP contribution in [0.15, 0.2) is 46.1 Å². The van der Waals surface area contributed by atoms with Gasteiger partial charge in [-0.2, -0.15) is 0 Å². The third-order valence-corrected chi connectivity index (χ3v) is 4.56. The van der Waals surface area contributed by atoms with E-state index in [4.69, 9.17) is 10.2 Å². The molecule has 1 aliphatic heterocycles. The van der Waals surface area contributed by atoms with E-state index in [1.807, 2.05) is 0 Å². The Hall–Kier alpha value is -3.42. The standard InChI is InChI=1S/C20H19FN2O5/c1-10(2)23-9-15(18(25)20(23)27)17(24)16-6-5-13(28-16)7-11-3-4-12(21)8-14(11)19(22)26/h3-6,8,10,25H,7,9H2,1-2H3,(H2,22,26). The van der Waals surface area contributed by atoms with Gasteiger partial charge in [-0.3, -0.25) is 14.4 Å². The van der Waals surface area contributed by atoms with E-state index in [9.17, 15) is 23.9 Å². The van der Waals surface area contributed by atoms with Gasteiger partial charge in [-0.25, -0.2) is 4.39 Å². The molecule has 0 atom stereocenters. The molecule has 0 saturated carbocycles. The molecule has 7 nitrogen and oxygen atoms in total. The second kappa shape index (κ2) is 7.30. The van der Waals surface area contributed by atoms with Crippen molar-refractivity contribution in [1.82, 2.24) is 4.90 Å². The minimum absolute atomic E-state index is 0.000978. The number of carbonyl (C=O) groups is 3. The highest BCUT2D eigenvalue weighted by molar-refractivity contribution is 6.14. The first-order chi connectivity index (χ1) is 13.2. The predicted molar refractivity (Wildman–Crippen MR) is 97.3 cm³/mol. The molecular weight excluding hydrogens is 367 g/mol. The summed E-state index contributed by atoms with van der Waals surface area (Å²) in [5.74, 6) is -2.81. The smallest absolute Gasteiger partial charge is 0.289 e. The van der Waals surface area contributed by atoms with Crippen molar-refractivity contribution in [3.63, 3.8) is 0 Å². The van der Waals surface area contributed by atoms with Crippen LogP contribution in [0.1, 0.15) is 46.1 Å². The SMILES string of the molecule is CC(C)N1CC(C(=O)c2ccc(Cc3ccc(F)cc3C(N)=O)o2)=C(O)C1=O. The van der Waals surface area contributed by atoms with Crippen molar-refractivity contribution in [1.29, 1.82) is 0 Å². The fraction of sp³-hybridized carbons (Fsp3) is 0.250. The van der Waals surface area contributed by atoms with Gasteiger partial charge in [0.25, 0.3) is 5.91 Å². The van der Waals surface area contributed by atoms with E-state index in [-0.39, 0.29) is 35.9 Å². The van der Waals surface area contributed by atoms with Gasteiger partial charge in [-0.15, -0.1) is 0 Å². The minimum atomic E-state index is -0.773. The van der Waals surface area contributed by atoms with E-state index in [1.165, 1.54) is 29.2 Å². The Balaban J connectivity index is 1.83. The maximum absolute atomic E-state index is 13.3. The molecule has 2 amide bonds. The van der Waals surface area contributed by atoms with Gasteiger partial charge in [-0.1, -0.05) is 6.07 Å². The fourth-order valence-corrected chi connectivity index (χ4v) is 3.04. The maximum atomic E-state index is 13.3. The number of amides is 2. The first-order valence-corrected chi connectivity index (χ1v) is 8.63. The van der Waals surface area contributed by atoms with Crippen LogP contribution in [0.3, 0.4) is 0 Å². The largest absolute Gasteiger partial charge is 0.503 e. The molecule has 0 spiro atoms. The summed E-state index contributed by atoms with van der Waals surface area (Å²) in [5.41, 5.74) is 5.73. The number of carbonyl (C=O) groups excluding carboxylic acids is 3. The van der Waals surface area contributed by atoms with E-state index in [2.05, 4.69) is 0 Å². The van der Waals surface area contributed by atoms with Crippen LogP contribution in [-0.4, -0.2) is 40.2 Å². The molecule has 0 saturated heterocycles. The number of ketones is 1. The molecular formula is C20H19FN2O5. The number of aliphatic hydroxyl groups is 1. The van der Waals surface area contributed by atoms with Crippen molar-refractivity contribution in [3.05, 3.63) is 70.1 Å². The topological polar surface area (TPSA) is 114 Å². The van der Waals surface area contributed by atoms with Crippen LogP contribution in [0.4, 0.5) is 4.39 Å². The molecule has 0 radical (unpaired) electrons. The minimum Gasteiger partial charge on any atom is -0.503 e. The van der Waals surface area contributed by atoms with E-state index in [0.717, 1.165) is 6.07 Å². The van der Waals surface area contributed by atoms with E-state index >= 15 is 0 Å². The van der Waals surface area contributed by atoms with E-state index < -0.39 is 29.2 Å². The molecule has 146 valence electrons. The lowest BCUT2D eigenvalue weighted by atomic mass is 10.0. The van der Waals surface area contributed by atoms with Crippen molar-refractivity contribution in [2.24, 2.45) is 5.73 Å².